The molecule has 150 valence electrons. The summed E-state index contributed by atoms with van der Waals surface area (Å²) in [6.07, 6.45) is 0. The highest BCUT2D eigenvalue weighted by Crippen LogP contribution is 2.24. The van der Waals surface area contributed by atoms with E-state index in [4.69, 9.17) is 4.74 Å². The number of benzene rings is 3. The molecule has 1 aromatic heterocycles. The first-order valence-electron chi connectivity index (χ1n) is 9.29. The summed E-state index contributed by atoms with van der Waals surface area (Å²) in [5.41, 5.74) is 2.96. The second kappa shape index (κ2) is 8.16. The highest BCUT2D eigenvalue weighted by atomic mass is 19.1. The molecule has 0 spiro atoms. The van der Waals surface area contributed by atoms with Crippen molar-refractivity contribution in [2.75, 3.05) is 12.4 Å². The number of nitrogens with zero attached hydrogens (tertiary/aromatic N) is 3. The van der Waals surface area contributed by atoms with Crippen LogP contribution in [-0.2, 0) is 0 Å². The maximum Gasteiger partial charge on any atom is 0.295 e. The molecule has 1 amide bonds. The molecule has 4 aromatic rings. The first-order valence-corrected chi connectivity index (χ1v) is 9.29. The van der Waals surface area contributed by atoms with Crippen LogP contribution < -0.4 is 10.1 Å². The first kappa shape index (κ1) is 19.3. The Labute approximate surface area is 173 Å². The van der Waals surface area contributed by atoms with Crippen molar-refractivity contribution in [2.45, 2.75) is 6.92 Å². The zero-order chi connectivity index (χ0) is 21.1. The number of para-hydroxylation sites is 1. The maximum absolute atomic E-state index is 13.4. The average Bonchev–Trinajstić information content (AvgIpc) is 3.20. The third-order valence-electron chi connectivity index (χ3n) is 4.58. The number of carbonyl (C=O) groups is 1. The molecule has 0 fully saturated rings. The number of rotatable bonds is 5. The lowest BCUT2D eigenvalue weighted by atomic mass is 10.1. The van der Waals surface area contributed by atoms with E-state index in [0.717, 1.165) is 11.3 Å². The Morgan fingerprint density at radius 2 is 1.80 bits per heavy atom. The molecule has 30 heavy (non-hydrogen) atoms. The number of methoxy groups -OCH3 is 1. The number of carbonyl (C=O) groups excluding carboxylic acids is 1. The van der Waals surface area contributed by atoms with Gasteiger partial charge in [0.2, 0.25) is 5.82 Å². The van der Waals surface area contributed by atoms with E-state index in [1.54, 1.807) is 48.2 Å². The fraction of sp³-hybridized carbons (Fsp3) is 0.0870. The van der Waals surface area contributed by atoms with Crippen molar-refractivity contribution < 1.29 is 13.9 Å². The molecule has 0 bridgehead atoms. The summed E-state index contributed by atoms with van der Waals surface area (Å²) in [4.78, 5) is 17.3. The zero-order valence-electron chi connectivity index (χ0n) is 16.5. The van der Waals surface area contributed by atoms with Gasteiger partial charge >= 0.3 is 0 Å². The molecule has 3 aromatic carbocycles. The number of amides is 1. The number of halogens is 1. The Kier molecular flexibility index (Phi) is 5.26. The van der Waals surface area contributed by atoms with Crippen LogP contribution in [0.25, 0.3) is 17.1 Å². The maximum atomic E-state index is 13.4. The molecule has 6 nitrogen and oxygen atoms in total. The van der Waals surface area contributed by atoms with E-state index in [0.29, 0.717) is 22.8 Å². The highest BCUT2D eigenvalue weighted by molar-refractivity contribution is 6.02. The summed E-state index contributed by atoms with van der Waals surface area (Å²) in [5, 5.41) is 7.23. The second-order valence-corrected chi connectivity index (χ2v) is 6.65. The van der Waals surface area contributed by atoms with Crippen LogP contribution in [0.4, 0.5) is 10.1 Å². The first-order chi connectivity index (χ1) is 14.5. The molecule has 0 radical (unpaired) electrons. The Hall–Kier alpha value is -4.00. The third kappa shape index (κ3) is 3.91. The molecule has 1 heterocycles. The summed E-state index contributed by atoms with van der Waals surface area (Å²) in [7, 11) is 1.56. The molecule has 7 heteroatoms. The summed E-state index contributed by atoms with van der Waals surface area (Å²) in [5.74, 6) is 0.259. The average molecular weight is 402 g/mol. The van der Waals surface area contributed by atoms with Crippen molar-refractivity contribution in [1.29, 1.82) is 0 Å². The van der Waals surface area contributed by atoms with Gasteiger partial charge in [0.15, 0.2) is 5.82 Å². The van der Waals surface area contributed by atoms with Crippen molar-refractivity contribution >= 4 is 11.6 Å². The van der Waals surface area contributed by atoms with Crippen LogP contribution in [0.1, 0.15) is 16.2 Å². The van der Waals surface area contributed by atoms with Crippen LogP contribution in [0.5, 0.6) is 5.75 Å². The van der Waals surface area contributed by atoms with Crippen molar-refractivity contribution in [3.8, 4) is 22.8 Å². The summed E-state index contributed by atoms with van der Waals surface area (Å²) >= 11 is 0. The number of hydrogen-bond donors (Lipinski definition) is 1. The van der Waals surface area contributed by atoms with Gasteiger partial charge in [-0.25, -0.2) is 14.1 Å². The van der Waals surface area contributed by atoms with E-state index in [-0.39, 0.29) is 11.6 Å². The largest absolute Gasteiger partial charge is 0.497 e. The van der Waals surface area contributed by atoms with Gasteiger partial charge in [-0.05, 0) is 55.0 Å². The van der Waals surface area contributed by atoms with E-state index in [9.17, 15) is 9.18 Å². The number of nitrogens with one attached hydrogen (secondary N) is 1. The summed E-state index contributed by atoms with van der Waals surface area (Å²) < 4.78 is 20.2. The van der Waals surface area contributed by atoms with Crippen molar-refractivity contribution in [3.63, 3.8) is 0 Å². The predicted molar refractivity (Wildman–Crippen MR) is 112 cm³/mol. The van der Waals surface area contributed by atoms with Gasteiger partial charge in [-0.1, -0.05) is 24.3 Å². The topological polar surface area (TPSA) is 69.0 Å². The van der Waals surface area contributed by atoms with Crippen LogP contribution in [0, 0.1) is 12.7 Å². The van der Waals surface area contributed by atoms with Crippen molar-refractivity contribution in [2.24, 2.45) is 0 Å². The van der Waals surface area contributed by atoms with Gasteiger partial charge in [-0.2, -0.15) is 0 Å². The van der Waals surface area contributed by atoms with Gasteiger partial charge in [-0.15, -0.1) is 5.10 Å². The lowest BCUT2D eigenvalue weighted by Gasteiger charge is -2.08. The fourth-order valence-electron chi connectivity index (χ4n) is 3.05. The SMILES string of the molecule is COc1cccc(NC(=O)c2nc(-c3ccc(F)cc3)n(-c3ccccc3C)n2)c1. The minimum absolute atomic E-state index is 0.000368. The normalized spacial score (nSPS) is 10.6. The lowest BCUT2D eigenvalue weighted by Crippen LogP contribution is -2.14. The number of ether oxygens (including phenoxy) is 1. The predicted octanol–water partition coefficient (Wildman–Crippen LogP) is 4.64. The second-order valence-electron chi connectivity index (χ2n) is 6.65. The Balaban J connectivity index is 1.75. The van der Waals surface area contributed by atoms with Crippen LogP contribution >= 0.6 is 0 Å². The van der Waals surface area contributed by atoms with E-state index < -0.39 is 5.91 Å². The van der Waals surface area contributed by atoms with Gasteiger partial charge in [0.05, 0.1) is 12.8 Å². The number of aromatic nitrogens is 3. The smallest absolute Gasteiger partial charge is 0.295 e. The van der Waals surface area contributed by atoms with E-state index in [2.05, 4.69) is 15.4 Å². The van der Waals surface area contributed by atoms with Crippen LogP contribution in [-0.4, -0.2) is 27.8 Å². The minimum atomic E-state index is -0.459. The van der Waals surface area contributed by atoms with E-state index in [1.165, 1.54) is 12.1 Å². The monoisotopic (exact) mass is 402 g/mol. The molecule has 0 aliphatic rings. The highest BCUT2D eigenvalue weighted by Gasteiger charge is 2.20. The molecule has 0 saturated carbocycles. The number of anilines is 1. The fourth-order valence-corrected chi connectivity index (χ4v) is 3.05. The molecule has 0 aliphatic heterocycles. The standard InChI is InChI=1S/C23H19FN4O2/c1-15-6-3-4-9-20(15)28-22(16-10-12-17(24)13-11-16)26-21(27-28)23(29)25-18-7-5-8-19(14-18)30-2/h3-14H,1-2H3,(H,25,29). The van der Waals surface area contributed by atoms with Crippen LogP contribution in [0.2, 0.25) is 0 Å². The molecular weight excluding hydrogens is 383 g/mol. The van der Waals surface area contributed by atoms with Gasteiger partial charge < -0.3 is 10.1 Å². The van der Waals surface area contributed by atoms with E-state index >= 15 is 0 Å². The van der Waals surface area contributed by atoms with Crippen molar-refractivity contribution in [1.82, 2.24) is 14.8 Å². The van der Waals surface area contributed by atoms with Gasteiger partial charge in [0.1, 0.15) is 11.6 Å². The number of hydrogen-bond acceptors (Lipinski definition) is 4. The van der Waals surface area contributed by atoms with Gasteiger partial charge in [0.25, 0.3) is 5.91 Å². The Morgan fingerprint density at radius 1 is 1.03 bits per heavy atom. The lowest BCUT2D eigenvalue weighted by molar-refractivity contribution is 0.101. The molecule has 4 rings (SSSR count). The van der Waals surface area contributed by atoms with Crippen LogP contribution in [0.15, 0.2) is 72.8 Å². The molecule has 0 aliphatic carbocycles. The Morgan fingerprint density at radius 3 is 2.53 bits per heavy atom. The molecular formula is C23H19FN4O2. The Bertz CT molecular complexity index is 1200. The van der Waals surface area contributed by atoms with Crippen molar-refractivity contribution in [3.05, 3.63) is 90.0 Å². The summed E-state index contributed by atoms with van der Waals surface area (Å²) in [6, 6.07) is 20.6. The van der Waals surface area contributed by atoms with E-state index in [1.807, 2.05) is 31.2 Å². The van der Waals surface area contributed by atoms with Crippen LogP contribution in [0.3, 0.4) is 0 Å². The van der Waals surface area contributed by atoms with Gasteiger partial charge in [0, 0.05) is 17.3 Å². The molecule has 0 saturated heterocycles. The summed E-state index contributed by atoms with van der Waals surface area (Å²) in [6.45, 7) is 1.95. The molecule has 0 atom stereocenters. The molecule has 1 N–H and O–H groups in total. The minimum Gasteiger partial charge on any atom is -0.497 e. The van der Waals surface area contributed by atoms with Gasteiger partial charge in [-0.3, -0.25) is 4.79 Å². The zero-order valence-corrected chi connectivity index (χ0v) is 16.5. The molecule has 0 unspecified atom stereocenters. The number of aryl methyl sites for hydroxylation is 1. The quantitative estimate of drug-likeness (QED) is 0.528. The third-order valence-corrected chi connectivity index (χ3v) is 4.58.